The third-order valence-electron chi connectivity index (χ3n) is 2.49. The molecule has 5 nitrogen and oxygen atoms in total. The smallest absolute Gasteiger partial charge is 0.226 e. The number of benzene rings is 1. The summed E-state index contributed by atoms with van der Waals surface area (Å²) in [5, 5.41) is 6.36. The Hall–Kier alpha value is -2.24. The third-order valence-corrected chi connectivity index (χ3v) is 2.49. The molecule has 6 heteroatoms. The summed E-state index contributed by atoms with van der Waals surface area (Å²) < 4.78 is 17.6. The first-order valence-electron chi connectivity index (χ1n) is 5.98. The van der Waals surface area contributed by atoms with Gasteiger partial charge in [-0.05, 0) is 37.6 Å². The van der Waals surface area contributed by atoms with Gasteiger partial charge in [-0.3, -0.25) is 4.79 Å². The zero-order chi connectivity index (χ0) is 13.7. The van der Waals surface area contributed by atoms with Gasteiger partial charge in [-0.15, -0.1) is 0 Å². The highest BCUT2D eigenvalue weighted by molar-refractivity contribution is 5.90. The van der Waals surface area contributed by atoms with Crippen molar-refractivity contribution in [3.8, 4) is 0 Å². The minimum absolute atomic E-state index is 0.122. The Labute approximate surface area is 109 Å². The number of aryl methyl sites for hydroxylation is 2. The van der Waals surface area contributed by atoms with E-state index in [9.17, 15) is 9.18 Å². The molecule has 100 valence electrons. The number of nitrogens with zero attached hydrogens (tertiary/aromatic N) is 2. The lowest BCUT2D eigenvalue weighted by Gasteiger charge is -2.04. The Morgan fingerprint density at radius 1 is 1.37 bits per heavy atom. The third kappa shape index (κ3) is 4.17. The molecule has 1 heterocycles. The van der Waals surface area contributed by atoms with E-state index < -0.39 is 0 Å². The highest BCUT2D eigenvalue weighted by atomic mass is 19.1. The Morgan fingerprint density at radius 3 is 2.74 bits per heavy atom. The molecular weight excluding hydrogens is 249 g/mol. The molecule has 1 amide bonds. The maximum atomic E-state index is 12.7. The average molecular weight is 263 g/mol. The van der Waals surface area contributed by atoms with Crippen LogP contribution in [0.5, 0.6) is 0 Å². The van der Waals surface area contributed by atoms with Gasteiger partial charge in [0.05, 0.1) is 0 Å². The summed E-state index contributed by atoms with van der Waals surface area (Å²) in [4.78, 5) is 15.7. The molecule has 0 atom stereocenters. The highest BCUT2D eigenvalue weighted by Crippen LogP contribution is 2.09. The first-order chi connectivity index (χ1) is 9.13. The summed E-state index contributed by atoms with van der Waals surface area (Å²) in [7, 11) is 0. The molecule has 2 aromatic rings. The fraction of sp³-hybridized carbons (Fsp3) is 0.308. The van der Waals surface area contributed by atoms with Crippen LogP contribution in [0, 0.1) is 12.7 Å². The maximum absolute atomic E-state index is 12.7. The van der Waals surface area contributed by atoms with Crippen LogP contribution in [0.25, 0.3) is 0 Å². The van der Waals surface area contributed by atoms with Crippen molar-refractivity contribution in [2.24, 2.45) is 0 Å². The van der Waals surface area contributed by atoms with Crippen LogP contribution in [0.3, 0.4) is 0 Å². The van der Waals surface area contributed by atoms with Gasteiger partial charge in [-0.25, -0.2) is 4.39 Å². The molecule has 1 N–H and O–H groups in total. The molecule has 0 unspecified atom stereocenters. The summed E-state index contributed by atoms with van der Waals surface area (Å²) >= 11 is 0. The second kappa shape index (κ2) is 6.08. The first-order valence-corrected chi connectivity index (χ1v) is 5.98. The monoisotopic (exact) mass is 263 g/mol. The molecule has 0 radical (unpaired) electrons. The number of carbonyl (C=O) groups excluding carboxylic acids is 1. The van der Waals surface area contributed by atoms with Crippen molar-refractivity contribution >= 4 is 11.6 Å². The quantitative estimate of drug-likeness (QED) is 0.899. The summed E-state index contributed by atoms with van der Waals surface area (Å²) in [6, 6.07) is 5.65. The summed E-state index contributed by atoms with van der Waals surface area (Å²) in [5.41, 5.74) is 0.583. The summed E-state index contributed by atoms with van der Waals surface area (Å²) in [6.07, 6.45) is 1.53. The summed E-state index contributed by atoms with van der Waals surface area (Å²) in [5.74, 6) is 0.672. The van der Waals surface area contributed by atoms with Gasteiger partial charge in [-0.1, -0.05) is 5.16 Å². The molecular formula is C13H14FN3O2. The fourth-order valence-electron chi connectivity index (χ4n) is 1.60. The van der Waals surface area contributed by atoms with Gasteiger partial charge < -0.3 is 9.84 Å². The molecule has 0 saturated heterocycles. The number of halogens is 1. The number of carbonyl (C=O) groups is 1. The molecule has 19 heavy (non-hydrogen) atoms. The van der Waals surface area contributed by atoms with Gasteiger partial charge >= 0.3 is 0 Å². The molecule has 0 bridgehead atoms. The van der Waals surface area contributed by atoms with Crippen LogP contribution in [-0.2, 0) is 11.2 Å². The number of amides is 1. The lowest BCUT2D eigenvalue weighted by Crippen LogP contribution is -2.11. The van der Waals surface area contributed by atoms with E-state index in [4.69, 9.17) is 4.52 Å². The van der Waals surface area contributed by atoms with Gasteiger partial charge in [0.15, 0.2) is 5.82 Å². The number of anilines is 1. The summed E-state index contributed by atoms with van der Waals surface area (Å²) in [6.45, 7) is 1.74. The Balaban J connectivity index is 1.74. The standard InChI is InChI=1S/C13H14FN3O2/c1-9-15-13(19-17-9)4-2-3-12(18)16-11-7-5-10(14)6-8-11/h5-8H,2-4H2,1H3,(H,16,18). The number of aromatic nitrogens is 2. The van der Waals surface area contributed by atoms with Crippen molar-refractivity contribution in [1.29, 1.82) is 0 Å². The minimum Gasteiger partial charge on any atom is -0.339 e. The lowest BCUT2D eigenvalue weighted by molar-refractivity contribution is -0.116. The van der Waals surface area contributed by atoms with Crippen LogP contribution in [-0.4, -0.2) is 16.0 Å². The van der Waals surface area contributed by atoms with E-state index in [1.54, 1.807) is 6.92 Å². The molecule has 1 aromatic carbocycles. The zero-order valence-electron chi connectivity index (χ0n) is 10.5. The van der Waals surface area contributed by atoms with Crippen molar-refractivity contribution in [2.45, 2.75) is 26.2 Å². The van der Waals surface area contributed by atoms with Gasteiger partial charge in [0.25, 0.3) is 0 Å². The second-order valence-electron chi connectivity index (χ2n) is 4.14. The second-order valence-corrected chi connectivity index (χ2v) is 4.14. The van der Waals surface area contributed by atoms with Crippen molar-refractivity contribution in [3.05, 3.63) is 41.8 Å². The number of nitrogens with one attached hydrogen (secondary N) is 1. The van der Waals surface area contributed by atoms with E-state index in [-0.39, 0.29) is 11.7 Å². The first kappa shape index (κ1) is 13.2. The zero-order valence-corrected chi connectivity index (χ0v) is 10.5. The van der Waals surface area contributed by atoms with E-state index >= 15 is 0 Å². The topological polar surface area (TPSA) is 68.0 Å². The van der Waals surface area contributed by atoms with Crippen LogP contribution in [0.1, 0.15) is 24.6 Å². The Bertz CT molecular complexity index is 551. The predicted octanol–water partition coefficient (Wildman–Crippen LogP) is 2.48. The minimum atomic E-state index is -0.329. The van der Waals surface area contributed by atoms with Gasteiger partial charge in [0.2, 0.25) is 11.8 Å². The SMILES string of the molecule is Cc1noc(CCCC(=O)Nc2ccc(F)cc2)n1. The Kier molecular flexibility index (Phi) is 4.22. The molecule has 0 aliphatic heterocycles. The van der Waals surface area contributed by atoms with Crippen molar-refractivity contribution < 1.29 is 13.7 Å². The van der Waals surface area contributed by atoms with E-state index in [2.05, 4.69) is 15.5 Å². The number of hydrogen-bond acceptors (Lipinski definition) is 4. The van der Waals surface area contributed by atoms with Crippen molar-refractivity contribution in [2.75, 3.05) is 5.32 Å². The van der Waals surface area contributed by atoms with Gasteiger partial charge in [0, 0.05) is 18.5 Å². The molecule has 2 rings (SSSR count). The molecule has 0 aliphatic carbocycles. The van der Waals surface area contributed by atoms with Crippen molar-refractivity contribution in [1.82, 2.24) is 10.1 Å². The van der Waals surface area contributed by atoms with E-state index in [0.29, 0.717) is 36.7 Å². The van der Waals surface area contributed by atoms with E-state index in [1.165, 1.54) is 24.3 Å². The van der Waals surface area contributed by atoms with Gasteiger partial charge in [-0.2, -0.15) is 4.98 Å². The molecule has 0 aliphatic rings. The van der Waals surface area contributed by atoms with Crippen LogP contribution in [0.15, 0.2) is 28.8 Å². The largest absolute Gasteiger partial charge is 0.339 e. The fourth-order valence-corrected chi connectivity index (χ4v) is 1.60. The van der Waals surface area contributed by atoms with Crippen LogP contribution in [0.2, 0.25) is 0 Å². The van der Waals surface area contributed by atoms with Crippen LogP contribution in [0.4, 0.5) is 10.1 Å². The number of hydrogen-bond donors (Lipinski definition) is 1. The molecule has 0 spiro atoms. The molecule has 0 fully saturated rings. The molecule has 1 aromatic heterocycles. The lowest BCUT2D eigenvalue weighted by atomic mass is 10.2. The average Bonchev–Trinajstić information content (AvgIpc) is 2.78. The van der Waals surface area contributed by atoms with Gasteiger partial charge in [0.1, 0.15) is 5.82 Å². The Morgan fingerprint density at radius 2 is 2.11 bits per heavy atom. The van der Waals surface area contributed by atoms with Crippen molar-refractivity contribution in [3.63, 3.8) is 0 Å². The number of rotatable bonds is 5. The van der Waals surface area contributed by atoms with E-state index in [1.807, 2.05) is 0 Å². The highest BCUT2D eigenvalue weighted by Gasteiger charge is 2.06. The normalized spacial score (nSPS) is 10.4. The predicted molar refractivity (Wildman–Crippen MR) is 67.0 cm³/mol. The van der Waals surface area contributed by atoms with Crippen LogP contribution >= 0.6 is 0 Å². The van der Waals surface area contributed by atoms with Crippen LogP contribution < -0.4 is 5.32 Å². The van der Waals surface area contributed by atoms with E-state index in [0.717, 1.165) is 0 Å². The molecule has 0 saturated carbocycles. The maximum Gasteiger partial charge on any atom is 0.226 e.